The average Bonchev–Trinajstić information content (AvgIpc) is 3.00. The summed E-state index contributed by atoms with van der Waals surface area (Å²) in [5, 5.41) is 0.836. The second-order valence-electron chi connectivity index (χ2n) is 6.15. The minimum Gasteiger partial charge on any atom is -0.457 e. The number of hydrogen-bond donors (Lipinski definition) is 0. The fourth-order valence-corrected chi connectivity index (χ4v) is 3.35. The van der Waals surface area contributed by atoms with E-state index in [1.807, 2.05) is 10.6 Å². The number of alkyl halides is 1. The smallest absolute Gasteiger partial charge is 0.236 e. The van der Waals surface area contributed by atoms with E-state index >= 15 is 0 Å². The van der Waals surface area contributed by atoms with Crippen LogP contribution in [0.4, 0.5) is 4.39 Å². The van der Waals surface area contributed by atoms with Crippen molar-refractivity contribution >= 4 is 16.8 Å². The molecule has 26 heavy (non-hydrogen) atoms. The van der Waals surface area contributed by atoms with Gasteiger partial charge in [-0.1, -0.05) is 18.7 Å². The van der Waals surface area contributed by atoms with E-state index < -0.39 is 12.1 Å². The molecule has 0 aliphatic carbocycles. The van der Waals surface area contributed by atoms with Gasteiger partial charge in [0, 0.05) is 36.7 Å². The van der Waals surface area contributed by atoms with Gasteiger partial charge >= 0.3 is 0 Å². The van der Waals surface area contributed by atoms with Crippen LogP contribution in [0.3, 0.4) is 0 Å². The van der Waals surface area contributed by atoms with E-state index in [0.717, 1.165) is 17.0 Å². The highest BCUT2D eigenvalue weighted by Gasteiger charge is 2.26. The fourth-order valence-electron chi connectivity index (χ4n) is 3.35. The van der Waals surface area contributed by atoms with Gasteiger partial charge in [-0.05, 0) is 18.6 Å². The lowest BCUT2D eigenvalue weighted by Crippen LogP contribution is -2.20. The summed E-state index contributed by atoms with van der Waals surface area (Å²) in [6, 6.07) is 6.71. The average molecular weight is 353 g/mol. The predicted molar refractivity (Wildman–Crippen MR) is 95.3 cm³/mol. The minimum absolute atomic E-state index is 0.0820. The number of aryl methyl sites for hydroxylation is 2. The van der Waals surface area contributed by atoms with E-state index in [1.54, 1.807) is 18.3 Å². The van der Waals surface area contributed by atoms with Crippen molar-refractivity contribution in [3.63, 3.8) is 0 Å². The highest BCUT2D eigenvalue weighted by atomic mass is 19.1. The number of hydrogen-bond acceptors (Lipinski definition) is 4. The Balaban J connectivity index is 1.93. The van der Waals surface area contributed by atoms with Crippen molar-refractivity contribution in [2.75, 3.05) is 0 Å². The van der Waals surface area contributed by atoms with Crippen molar-refractivity contribution in [1.82, 2.24) is 4.57 Å². The summed E-state index contributed by atoms with van der Waals surface area (Å²) >= 11 is 0. The summed E-state index contributed by atoms with van der Waals surface area (Å²) in [5.74, 6) is 0.455. The normalized spacial score (nSPS) is 13.8. The summed E-state index contributed by atoms with van der Waals surface area (Å²) in [4.78, 5) is 24.2. The first kappa shape index (κ1) is 16.3. The standard InChI is InChI=1S/C20H16FNO4/c1-3-16(23)14-10-22-8-7-13-12-5-4-6-18(25-11(2)21)20(12)26-19(13)15(22)9-17(14)24/h3-6,9-11H,1,7-8H2,2H3. The van der Waals surface area contributed by atoms with E-state index in [2.05, 4.69) is 6.58 Å². The van der Waals surface area contributed by atoms with Gasteiger partial charge in [0.15, 0.2) is 28.3 Å². The van der Waals surface area contributed by atoms with Gasteiger partial charge in [-0.15, -0.1) is 0 Å². The molecule has 3 aromatic rings. The van der Waals surface area contributed by atoms with E-state index in [9.17, 15) is 14.0 Å². The molecule has 0 saturated carbocycles. The van der Waals surface area contributed by atoms with Crippen LogP contribution >= 0.6 is 0 Å². The lowest BCUT2D eigenvalue weighted by molar-refractivity contribution is 0.0865. The number of aromatic nitrogens is 1. The van der Waals surface area contributed by atoms with Gasteiger partial charge in [-0.3, -0.25) is 9.59 Å². The third-order valence-electron chi connectivity index (χ3n) is 4.49. The van der Waals surface area contributed by atoms with Crippen molar-refractivity contribution in [2.24, 2.45) is 0 Å². The maximum Gasteiger partial charge on any atom is 0.236 e. The number of benzene rings is 1. The van der Waals surface area contributed by atoms with Gasteiger partial charge in [0.2, 0.25) is 6.36 Å². The predicted octanol–water partition coefficient (Wildman–Crippen LogP) is 3.88. The first-order chi connectivity index (χ1) is 12.5. The van der Waals surface area contributed by atoms with Crippen LogP contribution in [0.5, 0.6) is 5.75 Å². The highest BCUT2D eigenvalue weighted by molar-refractivity contribution is 6.04. The second kappa shape index (κ2) is 5.98. The Hall–Kier alpha value is -3.15. The third-order valence-corrected chi connectivity index (χ3v) is 4.49. The molecule has 1 aliphatic rings. The molecule has 4 rings (SSSR count). The lowest BCUT2D eigenvalue weighted by atomic mass is 10.0. The van der Waals surface area contributed by atoms with Crippen molar-refractivity contribution in [3.05, 3.63) is 64.5 Å². The molecule has 1 atom stereocenters. The molecule has 5 nitrogen and oxygen atoms in total. The molecular weight excluding hydrogens is 337 g/mol. The molecule has 0 N–H and O–H groups in total. The molecule has 3 heterocycles. The Morgan fingerprint density at radius 1 is 1.46 bits per heavy atom. The second-order valence-corrected chi connectivity index (χ2v) is 6.15. The van der Waals surface area contributed by atoms with Crippen molar-refractivity contribution in [1.29, 1.82) is 0 Å². The number of ketones is 1. The topological polar surface area (TPSA) is 61.4 Å². The van der Waals surface area contributed by atoms with Gasteiger partial charge in [0.05, 0.1) is 11.3 Å². The quantitative estimate of drug-likeness (QED) is 0.527. The number of furan rings is 1. The molecule has 0 fully saturated rings. The monoisotopic (exact) mass is 353 g/mol. The molecule has 6 heteroatoms. The van der Waals surface area contributed by atoms with Gasteiger partial charge in [-0.25, -0.2) is 4.39 Å². The maximum absolute atomic E-state index is 13.3. The Morgan fingerprint density at radius 2 is 2.27 bits per heavy atom. The molecule has 2 aromatic heterocycles. The first-order valence-corrected chi connectivity index (χ1v) is 8.26. The van der Waals surface area contributed by atoms with E-state index in [0.29, 0.717) is 35.8 Å². The van der Waals surface area contributed by atoms with Crippen molar-refractivity contribution in [2.45, 2.75) is 26.2 Å². The molecule has 132 valence electrons. The van der Waals surface area contributed by atoms with Crippen molar-refractivity contribution in [3.8, 4) is 17.2 Å². The van der Waals surface area contributed by atoms with Crippen LogP contribution in [0.1, 0.15) is 22.8 Å². The minimum atomic E-state index is -1.47. The number of para-hydroxylation sites is 1. The summed E-state index contributed by atoms with van der Waals surface area (Å²) in [5.41, 5.74) is 1.68. The maximum atomic E-state index is 13.3. The molecule has 1 aromatic carbocycles. The van der Waals surface area contributed by atoms with Crippen LogP contribution in [0.2, 0.25) is 0 Å². The molecule has 0 saturated heterocycles. The summed E-state index contributed by atoms with van der Waals surface area (Å²) in [6.45, 7) is 5.32. The lowest BCUT2D eigenvalue weighted by Gasteiger charge is -2.18. The van der Waals surface area contributed by atoms with Crippen LogP contribution in [-0.4, -0.2) is 16.7 Å². The van der Waals surface area contributed by atoms with Crippen LogP contribution < -0.4 is 10.2 Å². The van der Waals surface area contributed by atoms with E-state index in [-0.39, 0.29) is 11.0 Å². The Kier molecular flexibility index (Phi) is 3.76. The zero-order valence-electron chi connectivity index (χ0n) is 14.1. The molecule has 1 aliphatic heterocycles. The number of halogens is 1. The van der Waals surface area contributed by atoms with Crippen molar-refractivity contribution < 1.29 is 18.3 Å². The van der Waals surface area contributed by atoms with Crippen LogP contribution in [0, 0.1) is 0 Å². The first-order valence-electron chi connectivity index (χ1n) is 8.26. The van der Waals surface area contributed by atoms with Crippen LogP contribution in [0.15, 0.2) is 52.3 Å². The molecule has 0 bridgehead atoms. The van der Waals surface area contributed by atoms with Gasteiger partial charge in [0.25, 0.3) is 0 Å². The molecule has 0 radical (unpaired) electrons. The molecular formula is C20H16FNO4. The number of allylic oxidation sites excluding steroid dienone is 1. The van der Waals surface area contributed by atoms with Gasteiger partial charge in [0.1, 0.15) is 0 Å². The van der Waals surface area contributed by atoms with Crippen LogP contribution in [-0.2, 0) is 13.0 Å². The number of fused-ring (bicyclic) bond motifs is 5. The highest BCUT2D eigenvalue weighted by Crippen LogP contribution is 2.40. The fraction of sp³-hybridized carbons (Fsp3) is 0.200. The largest absolute Gasteiger partial charge is 0.457 e. The summed E-state index contributed by atoms with van der Waals surface area (Å²) < 4.78 is 26.3. The number of rotatable bonds is 4. The Labute approximate surface area is 148 Å². The zero-order valence-corrected chi connectivity index (χ0v) is 14.1. The summed E-state index contributed by atoms with van der Waals surface area (Å²) in [7, 11) is 0. The van der Waals surface area contributed by atoms with Crippen LogP contribution in [0.25, 0.3) is 22.4 Å². The zero-order chi connectivity index (χ0) is 18.4. The number of carbonyl (C=O) groups is 1. The Morgan fingerprint density at radius 3 is 3.00 bits per heavy atom. The van der Waals surface area contributed by atoms with Gasteiger partial charge < -0.3 is 13.7 Å². The molecule has 1 unspecified atom stereocenters. The molecule has 0 amide bonds. The molecule has 0 spiro atoms. The number of carbonyl (C=O) groups excluding carboxylic acids is 1. The summed E-state index contributed by atoms with van der Waals surface area (Å²) in [6.07, 6.45) is 1.86. The van der Waals surface area contributed by atoms with E-state index in [1.165, 1.54) is 13.0 Å². The third kappa shape index (κ3) is 2.45. The number of nitrogens with zero attached hydrogens (tertiary/aromatic N) is 1. The Bertz CT molecular complexity index is 1110. The number of ether oxygens (including phenoxy) is 1. The van der Waals surface area contributed by atoms with Gasteiger partial charge in [-0.2, -0.15) is 0 Å². The van der Waals surface area contributed by atoms with E-state index in [4.69, 9.17) is 9.15 Å². The number of pyridine rings is 1. The SMILES string of the molecule is C=CC(=O)c1cn2c(cc1=O)-c1oc3c(OC(C)F)cccc3c1CC2.